The van der Waals surface area contributed by atoms with Gasteiger partial charge in [-0.05, 0) is 19.9 Å². The monoisotopic (exact) mass is 195 g/mol. The van der Waals surface area contributed by atoms with Gasteiger partial charge in [0, 0.05) is 18.0 Å². The molecule has 1 amide bonds. The molecule has 0 aliphatic heterocycles. The molecule has 76 valence electrons. The van der Waals surface area contributed by atoms with Crippen molar-refractivity contribution in [3.8, 4) is 0 Å². The number of hydrogen-bond donors (Lipinski definition) is 2. The average Bonchev–Trinajstić information content (AvgIpc) is 2.54. The number of amides is 1. The Bertz CT molecular complexity index is 304. The molecule has 2 N–H and O–H groups in total. The minimum atomic E-state index is 0.0328. The Kier molecular flexibility index (Phi) is 2.49. The molecule has 0 spiro atoms. The van der Waals surface area contributed by atoms with Crippen molar-refractivity contribution in [3.05, 3.63) is 12.3 Å². The second kappa shape index (κ2) is 3.79. The van der Waals surface area contributed by atoms with Crippen LogP contribution in [0.4, 0.5) is 5.82 Å². The molecule has 0 unspecified atom stereocenters. The van der Waals surface area contributed by atoms with Crippen LogP contribution >= 0.6 is 0 Å². The van der Waals surface area contributed by atoms with E-state index in [2.05, 4.69) is 20.3 Å². The number of rotatable bonds is 3. The highest BCUT2D eigenvalue weighted by Crippen LogP contribution is 2.27. The van der Waals surface area contributed by atoms with Gasteiger partial charge in [0.1, 0.15) is 6.26 Å². The minimum Gasteiger partial charge on any atom is -0.363 e. The molecule has 5 heteroatoms. The maximum absolute atomic E-state index is 11.5. The lowest BCUT2D eigenvalue weighted by Gasteiger charge is -2.33. The summed E-state index contributed by atoms with van der Waals surface area (Å²) in [6.07, 6.45) is 3.24. The van der Waals surface area contributed by atoms with E-state index >= 15 is 0 Å². The summed E-state index contributed by atoms with van der Waals surface area (Å²) in [5.41, 5.74) is 0. The topological polar surface area (TPSA) is 67.2 Å². The first-order valence-electron chi connectivity index (χ1n) is 4.68. The SMILES string of the molecule is CNC1CC(C(=O)Nc2ccon2)C1. The van der Waals surface area contributed by atoms with E-state index in [1.165, 1.54) is 6.26 Å². The van der Waals surface area contributed by atoms with Crippen LogP contribution in [0.2, 0.25) is 0 Å². The van der Waals surface area contributed by atoms with Crippen molar-refractivity contribution in [3.63, 3.8) is 0 Å². The summed E-state index contributed by atoms with van der Waals surface area (Å²) < 4.78 is 4.61. The van der Waals surface area contributed by atoms with Crippen molar-refractivity contribution in [1.29, 1.82) is 0 Å². The Morgan fingerprint density at radius 3 is 3.00 bits per heavy atom. The third kappa shape index (κ3) is 1.77. The van der Waals surface area contributed by atoms with E-state index in [1.807, 2.05) is 7.05 Å². The van der Waals surface area contributed by atoms with Crippen LogP contribution in [0.15, 0.2) is 16.9 Å². The summed E-state index contributed by atoms with van der Waals surface area (Å²) in [4.78, 5) is 11.5. The molecule has 0 radical (unpaired) electrons. The summed E-state index contributed by atoms with van der Waals surface area (Å²) in [6, 6.07) is 2.12. The Labute approximate surface area is 81.8 Å². The Balaban J connectivity index is 1.80. The summed E-state index contributed by atoms with van der Waals surface area (Å²) in [5.74, 6) is 0.637. The third-order valence-corrected chi connectivity index (χ3v) is 2.61. The summed E-state index contributed by atoms with van der Waals surface area (Å²) >= 11 is 0. The summed E-state index contributed by atoms with van der Waals surface area (Å²) in [6.45, 7) is 0. The highest BCUT2D eigenvalue weighted by atomic mass is 16.5. The summed E-state index contributed by atoms with van der Waals surface area (Å²) in [5, 5.41) is 9.44. The lowest BCUT2D eigenvalue weighted by molar-refractivity contribution is -0.122. The van der Waals surface area contributed by atoms with Crippen LogP contribution in [0.25, 0.3) is 0 Å². The van der Waals surface area contributed by atoms with Gasteiger partial charge in [0.05, 0.1) is 0 Å². The zero-order valence-electron chi connectivity index (χ0n) is 7.99. The molecule has 0 bridgehead atoms. The smallest absolute Gasteiger partial charge is 0.228 e. The van der Waals surface area contributed by atoms with Gasteiger partial charge >= 0.3 is 0 Å². The fourth-order valence-electron chi connectivity index (χ4n) is 1.57. The average molecular weight is 195 g/mol. The largest absolute Gasteiger partial charge is 0.363 e. The van der Waals surface area contributed by atoms with Gasteiger partial charge in [-0.2, -0.15) is 0 Å². The minimum absolute atomic E-state index is 0.0328. The molecule has 1 aromatic heterocycles. The zero-order valence-corrected chi connectivity index (χ0v) is 7.99. The fraction of sp³-hybridized carbons (Fsp3) is 0.556. The molecule has 2 rings (SSSR count). The number of aromatic nitrogens is 1. The van der Waals surface area contributed by atoms with Gasteiger partial charge in [0.15, 0.2) is 5.82 Å². The van der Waals surface area contributed by atoms with Crippen molar-refractivity contribution >= 4 is 11.7 Å². The predicted octanol–water partition coefficient (Wildman–Crippen LogP) is 0.611. The fourth-order valence-corrected chi connectivity index (χ4v) is 1.57. The van der Waals surface area contributed by atoms with E-state index < -0.39 is 0 Å². The van der Waals surface area contributed by atoms with Gasteiger partial charge in [0.25, 0.3) is 0 Å². The second-order valence-electron chi connectivity index (χ2n) is 3.53. The maximum atomic E-state index is 11.5. The quantitative estimate of drug-likeness (QED) is 0.741. The molecule has 5 nitrogen and oxygen atoms in total. The van der Waals surface area contributed by atoms with Crippen LogP contribution in [0.5, 0.6) is 0 Å². The molecule has 1 aliphatic carbocycles. The van der Waals surface area contributed by atoms with Crippen LogP contribution in [0.1, 0.15) is 12.8 Å². The standard InChI is InChI=1S/C9H13N3O2/c1-10-7-4-6(5-7)9(13)11-8-2-3-14-12-8/h2-3,6-7,10H,4-5H2,1H3,(H,11,12,13). The van der Waals surface area contributed by atoms with E-state index in [9.17, 15) is 4.79 Å². The second-order valence-corrected chi connectivity index (χ2v) is 3.53. The normalized spacial score (nSPS) is 25.5. The number of anilines is 1. The van der Waals surface area contributed by atoms with Crippen molar-refractivity contribution in [2.24, 2.45) is 5.92 Å². The first-order chi connectivity index (χ1) is 6.79. The molecule has 1 aromatic rings. The molecule has 1 aliphatic rings. The van der Waals surface area contributed by atoms with E-state index in [0.29, 0.717) is 11.9 Å². The lowest BCUT2D eigenvalue weighted by atomic mass is 9.80. The highest BCUT2D eigenvalue weighted by Gasteiger charge is 2.33. The Hall–Kier alpha value is -1.36. The van der Waals surface area contributed by atoms with Crippen LogP contribution in [0, 0.1) is 5.92 Å². The van der Waals surface area contributed by atoms with Crippen LogP contribution in [0.3, 0.4) is 0 Å². The van der Waals surface area contributed by atoms with Crippen molar-refractivity contribution in [1.82, 2.24) is 10.5 Å². The first kappa shape index (κ1) is 9.21. The van der Waals surface area contributed by atoms with Gasteiger partial charge in [-0.1, -0.05) is 5.16 Å². The van der Waals surface area contributed by atoms with Gasteiger partial charge in [-0.15, -0.1) is 0 Å². The number of carbonyl (C=O) groups excluding carboxylic acids is 1. The summed E-state index contributed by atoms with van der Waals surface area (Å²) in [7, 11) is 1.91. The number of carbonyl (C=O) groups is 1. The first-order valence-corrected chi connectivity index (χ1v) is 4.68. The van der Waals surface area contributed by atoms with E-state index in [0.717, 1.165) is 12.8 Å². The number of hydrogen-bond acceptors (Lipinski definition) is 4. The third-order valence-electron chi connectivity index (χ3n) is 2.61. The van der Waals surface area contributed by atoms with Crippen molar-refractivity contribution < 1.29 is 9.32 Å². The van der Waals surface area contributed by atoms with E-state index in [1.54, 1.807) is 6.07 Å². The van der Waals surface area contributed by atoms with Crippen molar-refractivity contribution in [2.75, 3.05) is 12.4 Å². The zero-order chi connectivity index (χ0) is 9.97. The van der Waals surface area contributed by atoms with Crippen LogP contribution in [-0.2, 0) is 4.79 Å². The number of nitrogens with one attached hydrogen (secondary N) is 2. The molecule has 0 saturated heterocycles. The van der Waals surface area contributed by atoms with Gasteiger partial charge in [-0.25, -0.2) is 0 Å². The van der Waals surface area contributed by atoms with Crippen LogP contribution in [-0.4, -0.2) is 24.2 Å². The molecule has 1 heterocycles. The predicted molar refractivity (Wildman–Crippen MR) is 50.7 cm³/mol. The molecular formula is C9H13N3O2. The Morgan fingerprint density at radius 1 is 1.64 bits per heavy atom. The lowest BCUT2D eigenvalue weighted by Crippen LogP contribution is -2.44. The van der Waals surface area contributed by atoms with Crippen molar-refractivity contribution in [2.45, 2.75) is 18.9 Å². The highest BCUT2D eigenvalue weighted by molar-refractivity contribution is 5.92. The van der Waals surface area contributed by atoms with Gasteiger partial charge in [-0.3, -0.25) is 4.79 Å². The van der Waals surface area contributed by atoms with Gasteiger partial charge in [0.2, 0.25) is 5.91 Å². The van der Waals surface area contributed by atoms with Crippen LogP contribution < -0.4 is 10.6 Å². The molecule has 0 aromatic carbocycles. The molecular weight excluding hydrogens is 182 g/mol. The molecule has 1 saturated carbocycles. The van der Waals surface area contributed by atoms with E-state index in [-0.39, 0.29) is 11.8 Å². The molecule has 0 atom stereocenters. The maximum Gasteiger partial charge on any atom is 0.228 e. The molecule has 14 heavy (non-hydrogen) atoms. The van der Waals surface area contributed by atoms with Gasteiger partial charge < -0.3 is 15.2 Å². The Morgan fingerprint density at radius 2 is 2.43 bits per heavy atom. The number of nitrogens with zero attached hydrogens (tertiary/aromatic N) is 1. The molecule has 1 fully saturated rings. The van der Waals surface area contributed by atoms with E-state index in [4.69, 9.17) is 0 Å².